The molecule has 0 saturated carbocycles. The normalized spacial score (nSPS) is 21.1. The Kier molecular flexibility index (Phi) is 7.20. The summed E-state index contributed by atoms with van der Waals surface area (Å²) in [5, 5.41) is -0.520. The Balaban J connectivity index is 1.57. The molecule has 2 aliphatic rings. The minimum absolute atomic E-state index is 0.0346. The van der Waals surface area contributed by atoms with Crippen molar-refractivity contribution in [1.29, 1.82) is 0 Å². The summed E-state index contributed by atoms with van der Waals surface area (Å²) in [6, 6.07) is 12.9. The van der Waals surface area contributed by atoms with Gasteiger partial charge in [0.25, 0.3) is 5.24 Å². The molecule has 0 aliphatic carbocycles. The maximum absolute atomic E-state index is 14.8. The van der Waals surface area contributed by atoms with Crippen LogP contribution >= 0.6 is 11.8 Å². The molecule has 3 aromatic carbocycles. The standard InChI is InChI=1S/C31H31F4NO2S/c1-16(2)22-14-24(28(38-5)15-25(22)32)21-7-6-17(3)12-23(21)26-8-9-27-29(39-30(37)36(26)27)19-10-18(4)11-20(13-19)31(33,34)35/h6-7,10-16,26-27,29H,8-9H2,1-5H3/t26-,27-,29+/m0/s1. The van der Waals surface area contributed by atoms with Crippen molar-refractivity contribution in [3.63, 3.8) is 0 Å². The van der Waals surface area contributed by atoms with E-state index in [9.17, 15) is 22.4 Å². The van der Waals surface area contributed by atoms with E-state index >= 15 is 0 Å². The summed E-state index contributed by atoms with van der Waals surface area (Å²) in [6.45, 7) is 7.50. The van der Waals surface area contributed by atoms with Crippen molar-refractivity contribution >= 4 is 17.0 Å². The number of carbonyl (C=O) groups excluding carboxylic acids is 1. The van der Waals surface area contributed by atoms with E-state index in [1.165, 1.54) is 19.2 Å². The molecule has 0 bridgehead atoms. The van der Waals surface area contributed by atoms with E-state index in [2.05, 4.69) is 6.07 Å². The summed E-state index contributed by atoms with van der Waals surface area (Å²) in [4.78, 5) is 15.3. The molecule has 39 heavy (non-hydrogen) atoms. The molecule has 0 spiro atoms. The highest BCUT2D eigenvalue weighted by molar-refractivity contribution is 8.14. The van der Waals surface area contributed by atoms with E-state index in [1.54, 1.807) is 13.0 Å². The number of nitrogens with zero attached hydrogens (tertiary/aromatic N) is 1. The van der Waals surface area contributed by atoms with Crippen LogP contribution in [0.3, 0.4) is 0 Å². The summed E-state index contributed by atoms with van der Waals surface area (Å²) in [6.07, 6.45) is -3.09. The van der Waals surface area contributed by atoms with E-state index in [0.717, 1.165) is 40.1 Å². The fourth-order valence-corrected chi connectivity index (χ4v) is 7.28. The van der Waals surface area contributed by atoms with Crippen molar-refractivity contribution in [1.82, 2.24) is 4.90 Å². The van der Waals surface area contributed by atoms with Gasteiger partial charge in [-0.2, -0.15) is 13.2 Å². The van der Waals surface area contributed by atoms with Crippen LogP contribution in [0.2, 0.25) is 0 Å². The number of ether oxygens (including phenoxy) is 1. The number of hydrogen-bond donors (Lipinski definition) is 0. The van der Waals surface area contributed by atoms with Gasteiger partial charge in [-0.05, 0) is 73.1 Å². The summed E-state index contributed by atoms with van der Waals surface area (Å²) < 4.78 is 61.0. The van der Waals surface area contributed by atoms with E-state index in [-0.39, 0.29) is 34.3 Å². The highest BCUT2D eigenvalue weighted by Gasteiger charge is 2.50. The lowest BCUT2D eigenvalue weighted by Gasteiger charge is -2.28. The summed E-state index contributed by atoms with van der Waals surface area (Å²) in [7, 11) is 1.51. The van der Waals surface area contributed by atoms with Crippen LogP contribution in [0.1, 0.15) is 77.3 Å². The predicted molar refractivity (Wildman–Crippen MR) is 147 cm³/mol. The molecule has 0 radical (unpaired) electrons. The molecular weight excluding hydrogens is 526 g/mol. The molecule has 3 nitrogen and oxygen atoms in total. The number of aryl methyl sites for hydroxylation is 2. The highest BCUT2D eigenvalue weighted by Crippen LogP contribution is 2.55. The van der Waals surface area contributed by atoms with E-state index in [1.807, 2.05) is 43.9 Å². The van der Waals surface area contributed by atoms with Crippen molar-refractivity contribution in [3.8, 4) is 16.9 Å². The Morgan fingerprint density at radius 3 is 2.38 bits per heavy atom. The lowest BCUT2D eigenvalue weighted by atomic mass is 9.89. The first kappa shape index (κ1) is 27.6. The second-order valence-electron chi connectivity index (χ2n) is 10.8. The number of benzene rings is 3. The van der Waals surface area contributed by atoms with Crippen LogP contribution in [0, 0.1) is 19.7 Å². The maximum atomic E-state index is 14.8. The molecule has 5 rings (SSSR count). The smallest absolute Gasteiger partial charge is 0.416 e. The minimum atomic E-state index is -4.45. The predicted octanol–water partition coefficient (Wildman–Crippen LogP) is 9.37. The van der Waals surface area contributed by atoms with Crippen LogP contribution in [0.25, 0.3) is 11.1 Å². The maximum Gasteiger partial charge on any atom is 0.416 e. The first-order chi connectivity index (χ1) is 18.4. The van der Waals surface area contributed by atoms with Gasteiger partial charge in [0.05, 0.1) is 24.0 Å². The molecule has 0 N–H and O–H groups in total. The summed E-state index contributed by atoms with van der Waals surface area (Å²) in [5.74, 6) is 0.0502. The second kappa shape index (κ2) is 10.2. The third-order valence-electron chi connectivity index (χ3n) is 7.77. The molecule has 8 heteroatoms. The number of halogens is 4. The zero-order chi connectivity index (χ0) is 28.2. The van der Waals surface area contributed by atoms with E-state index < -0.39 is 11.7 Å². The average molecular weight is 558 g/mol. The Hall–Kier alpha value is -3.00. The van der Waals surface area contributed by atoms with Crippen molar-refractivity contribution < 1.29 is 27.1 Å². The molecule has 2 aliphatic heterocycles. The Morgan fingerprint density at radius 2 is 1.72 bits per heavy atom. The minimum Gasteiger partial charge on any atom is -0.496 e. The van der Waals surface area contributed by atoms with E-state index in [4.69, 9.17) is 4.74 Å². The number of hydrogen-bond acceptors (Lipinski definition) is 3. The summed E-state index contributed by atoms with van der Waals surface area (Å²) >= 11 is 1.10. The topological polar surface area (TPSA) is 29.5 Å². The second-order valence-corrected chi connectivity index (χ2v) is 11.9. The van der Waals surface area contributed by atoms with Gasteiger partial charge >= 0.3 is 6.18 Å². The SMILES string of the molecule is COc1cc(F)c(C(C)C)cc1-c1ccc(C)cc1[C@@H]1CC[C@H]2[C@@H](c3cc(C)cc(C(F)(F)F)c3)SC(=O)N12. The van der Waals surface area contributed by atoms with E-state index in [0.29, 0.717) is 35.3 Å². The number of thioether (sulfide) groups is 1. The highest BCUT2D eigenvalue weighted by atomic mass is 32.2. The van der Waals surface area contributed by atoms with Gasteiger partial charge in [0.2, 0.25) is 0 Å². The molecule has 0 aromatic heterocycles. The number of amides is 1. The van der Waals surface area contributed by atoms with Crippen LogP contribution in [0.5, 0.6) is 5.75 Å². The summed E-state index contributed by atoms with van der Waals surface area (Å²) in [5.41, 5.74) is 4.51. The fourth-order valence-electron chi connectivity index (χ4n) is 5.98. The van der Waals surface area contributed by atoms with Crippen molar-refractivity contribution in [2.24, 2.45) is 0 Å². The van der Waals surface area contributed by atoms with Crippen LogP contribution in [0.4, 0.5) is 22.4 Å². The lowest BCUT2D eigenvalue weighted by Crippen LogP contribution is -2.30. The molecule has 3 aromatic rings. The lowest BCUT2D eigenvalue weighted by molar-refractivity contribution is -0.137. The van der Waals surface area contributed by atoms with Gasteiger partial charge in [-0.25, -0.2) is 4.39 Å². The molecule has 3 atom stereocenters. The van der Waals surface area contributed by atoms with Gasteiger partial charge in [-0.1, -0.05) is 61.0 Å². The van der Waals surface area contributed by atoms with Crippen molar-refractivity contribution in [2.75, 3.05) is 7.11 Å². The number of alkyl halides is 3. The molecule has 2 heterocycles. The third kappa shape index (κ3) is 5.04. The zero-order valence-electron chi connectivity index (χ0n) is 22.5. The van der Waals surface area contributed by atoms with Crippen LogP contribution in [-0.4, -0.2) is 23.3 Å². The quantitative estimate of drug-likeness (QED) is 0.293. The number of rotatable bonds is 5. The first-order valence-corrected chi connectivity index (χ1v) is 13.9. The van der Waals surface area contributed by atoms with Gasteiger partial charge in [0.15, 0.2) is 0 Å². The molecule has 1 amide bonds. The van der Waals surface area contributed by atoms with Gasteiger partial charge < -0.3 is 9.64 Å². The average Bonchev–Trinajstić information content (AvgIpc) is 3.44. The number of carbonyl (C=O) groups is 1. The molecule has 2 saturated heterocycles. The largest absolute Gasteiger partial charge is 0.496 e. The van der Waals surface area contributed by atoms with Crippen LogP contribution in [-0.2, 0) is 6.18 Å². The van der Waals surface area contributed by atoms with Crippen LogP contribution in [0.15, 0.2) is 48.5 Å². The molecule has 2 fully saturated rings. The monoisotopic (exact) mass is 557 g/mol. The Morgan fingerprint density at radius 1 is 0.974 bits per heavy atom. The van der Waals surface area contributed by atoms with Gasteiger partial charge in [0.1, 0.15) is 11.6 Å². The number of methoxy groups -OCH3 is 1. The zero-order valence-corrected chi connectivity index (χ0v) is 23.3. The van der Waals surface area contributed by atoms with Crippen molar-refractivity contribution in [2.45, 2.75) is 70.0 Å². The first-order valence-electron chi connectivity index (χ1n) is 13.0. The van der Waals surface area contributed by atoms with Crippen LogP contribution < -0.4 is 4.74 Å². The van der Waals surface area contributed by atoms with Gasteiger partial charge in [-0.15, -0.1) is 0 Å². The fraction of sp³-hybridized carbons (Fsp3) is 0.387. The number of fused-ring (bicyclic) bond motifs is 1. The molecule has 206 valence electrons. The Labute approximate surface area is 230 Å². The molecule has 0 unspecified atom stereocenters. The molecular formula is C31H31F4NO2S. The van der Waals surface area contributed by atoms with Crippen molar-refractivity contribution in [3.05, 3.63) is 87.7 Å². The third-order valence-corrected chi connectivity index (χ3v) is 9.02. The Bertz CT molecular complexity index is 1430. The van der Waals surface area contributed by atoms with Gasteiger partial charge in [0, 0.05) is 17.7 Å². The van der Waals surface area contributed by atoms with Gasteiger partial charge in [-0.3, -0.25) is 4.79 Å².